The number of hydrogen-bond acceptors (Lipinski definition) is 3. The number of hydrogen-bond donors (Lipinski definition) is 1. The average Bonchev–Trinajstić information content (AvgIpc) is 3.08. The van der Waals surface area contributed by atoms with Crippen molar-refractivity contribution in [3.05, 3.63) is 64.5 Å². The van der Waals surface area contributed by atoms with Crippen LogP contribution in [0.3, 0.4) is 0 Å². The van der Waals surface area contributed by atoms with Gasteiger partial charge in [-0.15, -0.1) is 6.58 Å². The SMILES string of the molecule is C=CCN1C(=O)N/C(=C\c2ccc(-c3ccc(C)cc3Br)o2)C1=O. The number of urea groups is 1. The second-order valence-corrected chi connectivity index (χ2v) is 6.23. The van der Waals surface area contributed by atoms with Gasteiger partial charge in [0.1, 0.15) is 17.2 Å². The third-order valence-electron chi connectivity index (χ3n) is 3.58. The first-order valence-electron chi connectivity index (χ1n) is 7.31. The van der Waals surface area contributed by atoms with Crippen molar-refractivity contribution >= 4 is 33.9 Å². The van der Waals surface area contributed by atoms with Crippen molar-refractivity contribution in [3.8, 4) is 11.3 Å². The Balaban J connectivity index is 1.88. The predicted molar refractivity (Wildman–Crippen MR) is 95.0 cm³/mol. The van der Waals surface area contributed by atoms with Crippen LogP contribution in [-0.4, -0.2) is 23.4 Å². The third kappa shape index (κ3) is 3.05. The first-order chi connectivity index (χ1) is 11.5. The smallest absolute Gasteiger partial charge is 0.329 e. The van der Waals surface area contributed by atoms with Gasteiger partial charge in [0.25, 0.3) is 5.91 Å². The van der Waals surface area contributed by atoms with E-state index in [2.05, 4.69) is 27.8 Å². The van der Waals surface area contributed by atoms with Crippen LogP contribution < -0.4 is 5.32 Å². The molecule has 2 heterocycles. The van der Waals surface area contributed by atoms with E-state index < -0.39 is 11.9 Å². The number of nitrogens with zero attached hydrogens (tertiary/aromatic N) is 1. The molecule has 1 fully saturated rings. The van der Waals surface area contributed by atoms with Crippen LogP contribution in [0.2, 0.25) is 0 Å². The lowest BCUT2D eigenvalue weighted by Crippen LogP contribution is -2.30. The fraction of sp³-hybridized carbons (Fsp3) is 0.111. The van der Waals surface area contributed by atoms with Gasteiger partial charge in [-0.1, -0.05) is 28.1 Å². The van der Waals surface area contributed by atoms with Crippen molar-refractivity contribution in [1.29, 1.82) is 0 Å². The molecule has 6 heteroatoms. The summed E-state index contributed by atoms with van der Waals surface area (Å²) in [4.78, 5) is 25.0. The van der Waals surface area contributed by atoms with Crippen LogP contribution in [0.15, 0.2) is 57.6 Å². The predicted octanol–water partition coefficient (Wildman–Crippen LogP) is 4.10. The van der Waals surface area contributed by atoms with E-state index in [4.69, 9.17) is 4.42 Å². The minimum atomic E-state index is -0.459. The second kappa shape index (κ2) is 6.49. The van der Waals surface area contributed by atoms with E-state index in [0.717, 1.165) is 20.5 Å². The monoisotopic (exact) mass is 386 g/mol. The Morgan fingerprint density at radius 3 is 2.79 bits per heavy atom. The van der Waals surface area contributed by atoms with Crippen molar-refractivity contribution in [2.24, 2.45) is 0 Å². The molecule has 1 aliphatic heterocycles. The van der Waals surface area contributed by atoms with E-state index in [1.54, 1.807) is 6.07 Å². The molecular weight excluding hydrogens is 372 g/mol. The number of aryl methyl sites for hydroxylation is 1. The molecule has 0 bridgehead atoms. The van der Waals surface area contributed by atoms with Crippen LogP contribution in [0, 0.1) is 6.92 Å². The van der Waals surface area contributed by atoms with Gasteiger partial charge in [0.15, 0.2) is 0 Å². The highest BCUT2D eigenvalue weighted by Gasteiger charge is 2.32. The summed E-state index contributed by atoms with van der Waals surface area (Å²) in [5, 5.41) is 2.54. The van der Waals surface area contributed by atoms with Gasteiger partial charge in [0, 0.05) is 22.7 Å². The number of furan rings is 1. The molecule has 3 rings (SSSR count). The lowest BCUT2D eigenvalue weighted by atomic mass is 10.1. The zero-order valence-corrected chi connectivity index (χ0v) is 14.6. The molecule has 122 valence electrons. The zero-order valence-electron chi connectivity index (χ0n) is 13.0. The third-order valence-corrected chi connectivity index (χ3v) is 4.23. The Kier molecular flexibility index (Phi) is 4.40. The normalized spacial score (nSPS) is 15.9. The van der Waals surface area contributed by atoms with Crippen molar-refractivity contribution in [2.75, 3.05) is 6.54 Å². The fourth-order valence-corrected chi connectivity index (χ4v) is 3.09. The minimum Gasteiger partial charge on any atom is -0.457 e. The van der Waals surface area contributed by atoms with Crippen molar-refractivity contribution in [3.63, 3.8) is 0 Å². The molecule has 3 amide bonds. The van der Waals surface area contributed by atoms with Gasteiger partial charge >= 0.3 is 6.03 Å². The van der Waals surface area contributed by atoms with E-state index in [1.165, 1.54) is 12.2 Å². The quantitative estimate of drug-likeness (QED) is 0.488. The summed E-state index contributed by atoms with van der Waals surface area (Å²) in [5.74, 6) is 0.768. The van der Waals surface area contributed by atoms with Gasteiger partial charge in [-0.05, 0) is 36.8 Å². The molecule has 0 spiro atoms. The Morgan fingerprint density at radius 1 is 1.29 bits per heavy atom. The molecule has 0 unspecified atom stereocenters. The molecule has 1 saturated heterocycles. The molecule has 0 saturated carbocycles. The number of halogens is 1. The molecule has 1 aliphatic rings. The lowest BCUT2D eigenvalue weighted by Gasteiger charge is -2.06. The molecule has 0 aliphatic carbocycles. The topological polar surface area (TPSA) is 62.6 Å². The van der Waals surface area contributed by atoms with Gasteiger partial charge in [-0.25, -0.2) is 4.79 Å². The van der Waals surface area contributed by atoms with Gasteiger partial charge in [-0.2, -0.15) is 0 Å². The highest BCUT2D eigenvalue weighted by atomic mass is 79.9. The Labute approximate surface area is 147 Å². The summed E-state index contributed by atoms with van der Waals surface area (Å²) >= 11 is 3.52. The van der Waals surface area contributed by atoms with Crippen molar-refractivity contribution in [1.82, 2.24) is 10.2 Å². The van der Waals surface area contributed by atoms with Crippen LogP contribution >= 0.6 is 15.9 Å². The van der Waals surface area contributed by atoms with Crippen LogP contribution in [0.1, 0.15) is 11.3 Å². The number of imide groups is 1. The number of rotatable bonds is 4. The largest absolute Gasteiger partial charge is 0.457 e. The van der Waals surface area contributed by atoms with Crippen LogP contribution in [0.5, 0.6) is 0 Å². The number of carbonyl (C=O) groups is 2. The summed E-state index contributed by atoms with van der Waals surface area (Å²) < 4.78 is 6.71. The maximum Gasteiger partial charge on any atom is 0.329 e. The lowest BCUT2D eigenvalue weighted by molar-refractivity contribution is -0.122. The van der Waals surface area contributed by atoms with E-state index in [0.29, 0.717) is 11.5 Å². The molecular formula is C18H15BrN2O3. The molecule has 5 nitrogen and oxygen atoms in total. The van der Waals surface area contributed by atoms with Gasteiger partial charge in [0.05, 0.1) is 0 Å². The zero-order chi connectivity index (χ0) is 17.3. The van der Waals surface area contributed by atoms with E-state index >= 15 is 0 Å². The second-order valence-electron chi connectivity index (χ2n) is 5.38. The maximum atomic E-state index is 12.2. The van der Waals surface area contributed by atoms with E-state index in [1.807, 2.05) is 31.2 Å². The highest BCUT2D eigenvalue weighted by molar-refractivity contribution is 9.10. The average molecular weight is 387 g/mol. The molecule has 24 heavy (non-hydrogen) atoms. The van der Waals surface area contributed by atoms with Crippen LogP contribution in [-0.2, 0) is 4.79 Å². The summed E-state index contributed by atoms with van der Waals surface area (Å²) in [6.07, 6.45) is 3.02. The van der Waals surface area contributed by atoms with Gasteiger partial charge in [-0.3, -0.25) is 9.69 Å². The van der Waals surface area contributed by atoms with Crippen molar-refractivity contribution < 1.29 is 14.0 Å². The molecule has 2 aromatic rings. The number of carbonyl (C=O) groups excluding carboxylic acids is 2. The minimum absolute atomic E-state index is 0.168. The number of benzene rings is 1. The molecule has 0 atom stereocenters. The summed E-state index contributed by atoms with van der Waals surface area (Å²) in [5.41, 5.74) is 2.24. The summed E-state index contributed by atoms with van der Waals surface area (Å²) in [6.45, 7) is 5.72. The molecule has 1 aromatic heterocycles. The summed E-state index contributed by atoms with van der Waals surface area (Å²) in [6, 6.07) is 9.08. The van der Waals surface area contributed by atoms with E-state index in [-0.39, 0.29) is 12.2 Å². The Bertz CT molecular complexity index is 867. The van der Waals surface area contributed by atoms with Crippen molar-refractivity contribution in [2.45, 2.75) is 6.92 Å². The Morgan fingerprint density at radius 2 is 2.08 bits per heavy atom. The van der Waals surface area contributed by atoms with Gasteiger partial charge in [0.2, 0.25) is 0 Å². The molecule has 1 aromatic carbocycles. The van der Waals surface area contributed by atoms with Crippen LogP contribution in [0.25, 0.3) is 17.4 Å². The van der Waals surface area contributed by atoms with E-state index in [9.17, 15) is 9.59 Å². The first-order valence-corrected chi connectivity index (χ1v) is 8.10. The number of amides is 3. The maximum absolute atomic E-state index is 12.2. The first kappa shape index (κ1) is 16.3. The molecule has 1 N–H and O–H groups in total. The molecule has 0 radical (unpaired) electrons. The van der Waals surface area contributed by atoms with Crippen LogP contribution in [0.4, 0.5) is 4.79 Å². The summed E-state index contributed by atoms with van der Waals surface area (Å²) in [7, 11) is 0. The Hall–Kier alpha value is -2.60. The van der Waals surface area contributed by atoms with Gasteiger partial charge < -0.3 is 9.73 Å². The highest BCUT2D eigenvalue weighted by Crippen LogP contribution is 2.31. The standard InChI is InChI=1S/C18H15BrN2O3/c1-3-8-21-17(22)15(20-18(21)23)10-12-5-7-16(24-12)13-6-4-11(2)9-14(13)19/h3-7,9-10H,1,8H2,2H3,(H,20,23)/b15-10-. The number of nitrogens with one attached hydrogen (secondary N) is 1. The fourth-order valence-electron chi connectivity index (χ4n) is 2.40.